The van der Waals surface area contributed by atoms with Crippen LogP contribution in [0.1, 0.15) is 45.7 Å². The average Bonchev–Trinajstić information content (AvgIpc) is 2.86. The van der Waals surface area contributed by atoms with Gasteiger partial charge in [0.2, 0.25) is 0 Å². The van der Waals surface area contributed by atoms with Crippen LogP contribution in [0.4, 0.5) is 0 Å². The Labute approximate surface area is 228 Å². The number of benzene rings is 2. The lowest BCUT2D eigenvalue weighted by molar-refractivity contribution is -0.134. The van der Waals surface area contributed by atoms with E-state index < -0.39 is 24.5 Å². The van der Waals surface area contributed by atoms with Crippen LogP contribution in [0.3, 0.4) is 0 Å². The Morgan fingerprint density at radius 2 is 1.08 bits per heavy atom. The fraction of sp³-hybridized carbons (Fsp3) is 0.276. The first-order valence-corrected chi connectivity index (χ1v) is 11.5. The number of phenols is 2. The molecule has 10 heteroatoms. The van der Waals surface area contributed by atoms with Gasteiger partial charge in [-0.15, -0.1) is 0 Å². The molecule has 2 aromatic carbocycles. The number of aliphatic carboxylic acids is 3. The topological polar surface area (TPSA) is 182 Å². The summed E-state index contributed by atoms with van der Waals surface area (Å²) >= 11 is 0. The maximum atomic E-state index is 10.1. The molecule has 0 aromatic heterocycles. The number of aliphatic hydroxyl groups excluding tert-OH is 1. The van der Waals surface area contributed by atoms with E-state index in [2.05, 4.69) is 31.7 Å². The molecule has 10 nitrogen and oxygen atoms in total. The van der Waals surface area contributed by atoms with Crippen molar-refractivity contribution < 1.29 is 49.8 Å². The lowest BCUT2D eigenvalue weighted by Crippen LogP contribution is -2.18. The molecule has 0 saturated heterocycles. The minimum atomic E-state index is -1.16. The van der Waals surface area contributed by atoms with Gasteiger partial charge in [-0.25, -0.2) is 14.4 Å². The third kappa shape index (κ3) is 16.0. The number of aliphatic hydroxyl groups is 1. The van der Waals surface area contributed by atoms with Gasteiger partial charge in [-0.3, -0.25) is 0 Å². The molecule has 2 rings (SSSR count). The number of hydrogen-bond acceptors (Lipinski definition) is 7. The molecule has 0 aliphatic rings. The van der Waals surface area contributed by atoms with Crippen LogP contribution >= 0.6 is 0 Å². The average molecular weight is 547 g/mol. The third-order valence-corrected chi connectivity index (χ3v) is 4.75. The first-order chi connectivity index (χ1) is 18.0. The highest BCUT2D eigenvalue weighted by Crippen LogP contribution is 2.32. The predicted octanol–water partition coefficient (Wildman–Crippen LogP) is 4.70. The number of phenolic OH excluding ortho intramolecular Hbond substituents is 2. The van der Waals surface area contributed by atoms with Crippen molar-refractivity contribution >= 4 is 17.9 Å². The van der Waals surface area contributed by atoms with Gasteiger partial charge in [0.1, 0.15) is 11.5 Å². The minimum absolute atomic E-state index is 0.137. The van der Waals surface area contributed by atoms with Gasteiger partial charge in [0.05, 0.1) is 25.0 Å². The van der Waals surface area contributed by atoms with Gasteiger partial charge in [-0.1, -0.05) is 51.3 Å². The van der Waals surface area contributed by atoms with Crippen molar-refractivity contribution in [2.45, 2.75) is 40.0 Å². The van der Waals surface area contributed by atoms with E-state index in [9.17, 15) is 24.6 Å². The number of rotatable bonds is 8. The Balaban J connectivity index is 0. The zero-order chi connectivity index (χ0) is 30.8. The molecule has 0 aliphatic carbocycles. The van der Waals surface area contributed by atoms with Crippen molar-refractivity contribution in [1.82, 2.24) is 0 Å². The van der Waals surface area contributed by atoms with E-state index in [0.717, 1.165) is 17.4 Å². The van der Waals surface area contributed by atoms with Crippen LogP contribution in [-0.2, 0) is 24.5 Å². The Morgan fingerprint density at radius 3 is 1.28 bits per heavy atom. The van der Waals surface area contributed by atoms with Crippen LogP contribution in [0.5, 0.6) is 11.5 Å². The van der Waals surface area contributed by atoms with Gasteiger partial charge in [0.25, 0.3) is 0 Å². The number of carboxylic acid groups (broad SMARTS) is 3. The fourth-order valence-corrected chi connectivity index (χ4v) is 2.26. The maximum Gasteiger partial charge on any atom is 0.337 e. The molecule has 0 atom stereocenters. The summed E-state index contributed by atoms with van der Waals surface area (Å²) in [7, 11) is 0. The summed E-state index contributed by atoms with van der Waals surface area (Å²) in [4.78, 5) is 29.3. The second kappa shape index (κ2) is 18.6. The third-order valence-electron chi connectivity index (χ3n) is 4.75. The van der Waals surface area contributed by atoms with Crippen LogP contribution in [0.25, 0.3) is 0 Å². The molecular formula is C29H38O10. The van der Waals surface area contributed by atoms with Gasteiger partial charge >= 0.3 is 17.9 Å². The van der Waals surface area contributed by atoms with E-state index >= 15 is 0 Å². The van der Waals surface area contributed by atoms with E-state index in [1.54, 1.807) is 31.2 Å². The molecule has 2 aromatic rings. The molecule has 0 fully saturated rings. The Morgan fingerprint density at radius 1 is 0.769 bits per heavy atom. The standard InChI is InChI=1S/C15H16O2.C6H10O4.2C4H6O2/c1-15(2,11-3-7-13(16)8-4-11)12-5-9-14(17)10-6-12;1-2-10-4-5(3-7)6(8)9;2*1-3(2)4(5)6/h3-10,16-17H,1-2H3;4,7H,2-3H2,1H3,(H,8,9);2*1H2,2H3,(H,5,6). The lowest BCUT2D eigenvalue weighted by atomic mass is 9.78. The fourth-order valence-electron chi connectivity index (χ4n) is 2.26. The first-order valence-electron chi connectivity index (χ1n) is 11.5. The molecular weight excluding hydrogens is 508 g/mol. The quantitative estimate of drug-likeness (QED) is 0.200. The minimum Gasteiger partial charge on any atom is -0.508 e. The molecule has 214 valence electrons. The highest BCUT2D eigenvalue weighted by molar-refractivity contribution is 5.86. The normalized spacial score (nSPS) is 10.2. The van der Waals surface area contributed by atoms with Crippen molar-refractivity contribution in [1.29, 1.82) is 0 Å². The van der Waals surface area contributed by atoms with E-state index in [0.29, 0.717) is 6.61 Å². The number of hydrogen-bond donors (Lipinski definition) is 6. The molecule has 0 heterocycles. The van der Waals surface area contributed by atoms with Crippen molar-refractivity contribution in [2.24, 2.45) is 0 Å². The highest BCUT2D eigenvalue weighted by Gasteiger charge is 2.22. The predicted molar refractivity (Wildman–Crippen MR) is 148 cm³/mol. The molecule has 0 radical (unpaired) electrons. The zero-order valence-corrected chi connectivity index (χ0v) is 22.8. The molecule has 0 spiro atoms. The van der Waals surface area contributed by atoms with E-state index in [-0.39, 0.29) is 33.6 Å². The summed E-state index contributed by atoms with van der Waals surface area (Å²) in [6.45, 7) is 15.1. The Hall–Kier alpha value is -4.57. The summed E-state index contributed by atoms with van der Waals surface area (Å²) in [5.41, 5.74) is 2.32. The van der Waals surface area contributed by atoms with E-state index in [1.165, 1.54) is 13.8 Å². The van der Waals surface area contributed by atoms with E-state index in [4.69, 9.17) is 20.4 Å². The van der Waals surface area contributed by atoms with Crippen LogP contribution in [-0.4, -0.2) is 61.8 Å². The monoisotopic (exact) mass is 546 g/mol. The van der Waals surface area contributed by atoms with Crippen LogP contribution in [0.15, 0.2) is 84.7 Å². The number of carbonyl (C=O) groups is 3. The first kappa shape index (κ1) is 36.6. The summed E-state index contributed by atoms with van der Waals surface area (Å²) in [5, 5.41) is 51.1. The second-order valence-corrected chi connectivity index (χ2v) is 8.45. The molecule has 6 N–H and O–H groups in total. The SMILES string of the molecule is C=C(C)C(=O)O.C=C(C)C(=O)O.CC(C)(c1ccc(O)cc1)c1ccc(O)cc1.CCOC=C(CO)C(=O)O. The van der Waals surface area contributed by atoms with Gasteiger partial charge in [-0.2, -0.15) is 0 Å². The van der Waals surface area contributed by atoms with Crippen molar-refractivity contribution in [2.75, 3.05) is 13.2 Å². The molecule has 0 amide bonds. The number of carboxylic acids is 3. The van der Waals surface area contributed by atoms with Crippen LogP contribution in [0.2, 0.25) is 0 Å². The number of aromatic hydroxyl groups is 2. The van der Waals surface area contributed by atoms with Crippen LogP contribution in [0, 0.1) is 0 Å². The summed E-state index contributed by atoms with van der Waals surface area (Å²) in [6.07, 6.45) is 1.04. The lowest BCUT2D eigenvalue weighted by Gasteiger charge is -2.26. The maximum absolute atomic E-state index is 10.1. The Kier molecular flexibility index (Phi) is 17.5. The molecule has 0 unspecified atom stereocenters. The van der Waals surface area contributed by atoms with Crippen molar-refractivity contribution in [3.63, 3.8) is 0 Å². The van der Waals surface area contributed by atoms with E-state index in [1.807, 2.05) is 24.3 Å². The van der Waals surface area contributed by atoms with Gasteiger partial charge < -0.3 is 35.4 Å². The van der Waals surface area contributed by atoms with Crippen LogP contribution < -0.4 is 0 Å². The molecule has 0 bridgehead atoms. The highest BCUT2D eigenvalue weighted by atomic mass is 16.5. The van der Waals surface area contributed by atoms with Crippen molar-refractivity contribution in [3.05, 3.63) is 95.8 Å². The smallest absolute Gasteiger partial charge is 0.337 e. The molecule has 39 heavy (non-hydrogen) atoms. The second-order valence-electron chi connectivity index (χ2n) is 8.45. The number of ether oxygens (including phenoxy) is 1. The summed E-state index contributed by atoms with van der Waals surface area (Å²) in [6, 6.07) is 14.4. The molecule has 0 saturated carbocycles. The summed E-state index contributed by atoms with van der Waals surface area (Å²) < 4.78 is 4.64. The van der Waals surface area contributed by atoms with Gasteiger partial charge in [-0.05, 0) is 56.2 Å². The van der Waals surface area contributed by atoms with Crippen molar-refractivity contribution in [3.8, 4) is 11.5 Å². The molecule has 0 aliphatic heterocycles. The van der Waals surface area contributed by atoms with Gasteiger partial charge in [0, 0.05) is 16.6 Å². The zero-order valence-electron chi connectivity index (χ0n) is 22.8. The van der Waals surface area contributed by atoms with Gasteiger partial charge in [0.15, 0.2) is 0 Å². The Bertz CT molecular complexity index is 1020. The largest absolute Gasteiger partial charge is 0.508 e. The summed E-state index contributed by atoms with van der Waals surface area (Å²) in [5.74, 6) is -2.48.